The SMILES string of the molecule is COCCNC(=O)CCN(c1cc(C)on1)S(C)(=O)=O. The summed E-state index contributed by atoms with van der Waals surface area (Å²) < 4.78 is 34.1. The molecule has 0 aliphatic rings. The predicted octanol–water partition coefficient (Wildman–Crippen LogP) is -0.0983. The van der Waals surface area contributed by atoms with Crippen molar-refractivity contribution in [3.05, 3.63) is 11.8 Å². The van der Waals surface area contributed by atoms with Gasteiger partial charge in [-0.25, -0.2) is 8.42 Å². The Balaban J connectivity index is 2.62. The Morgan fingerprint density at radius 1 is 1.55 bits per heavy atom. The molecular weight excluding hydrogens is 286 g/mol. The zero-order valence-corrected chi connectivity index (χ0v) is 12.6. The Morgan fingerprint density at radius 2 is 2.25 bits per heavy atom. The van der Waals surface area contributed by atoms with E-state index in [4.69, 9.17) is 9.26 Å². The van der Waals surface area contributed by atoms with Gasteiger partial charge in [-0.1, -0.05) is 5.16 Å². The number of sulfonamides is 1. The van der Waals surface area contributed by atoms with Crippen LogP contribution in [0.5, 0.6) is 0 Å². The first-order valence-electron chi connectivity index (χ1n) is 6.01. The average Bonchev–Trinajstić information content (AvgIpc) is 2.74. The van der Waals surface area contributed by atoms with Gasteiger partial charge in [0.2, 0.25) is 15.9 Å². The lowest BCUT2D eigenvalue weighted by atomic mass is 10.4. The third-order valence-corrected chi connectivity index (χ3v) is 3.61. The topological polar surface area (TPSA) is 102 Å². The third-order valence-electron chi connectivity index (χ3n) is 2.44. The first kappa shape index (κ1) is 16.4. The van der Waals surface area contributed by atoms with E-state index in [9.17, 15) is 13.2 Å². The van der Waals surface area contributed by atoms with Gasteiger partial charge in [0, 0.05) is 32.7 Å². The van der Waals surface area contributed by atoms with E-state index in [1.807, 2.05) is 0 Å². The van der Waals surface area contributed by atoms with E-state index < -0.39 is 10.0 Å². The molecule has 0 bridgehead atoms. The second-order valence-electron chi connectivity index (χ2n) is 4.22. The van der Waals surface area contributed by atoms with Crippen LogP contribution in [-0.2, 0) is 19.6 Å². The molecule has 0 spiro atoms. The first-order valence-corrected chi connectivity index (χ1v) is 7.86. The second kappa shape index (κ2) is 7.25. The minimum absolute atomic E-state index is 0.00359. The predicted molar refractivity (Wildman–Crippen MR) is 72.9 cm³/mol. The average molecular weight is 305 g/mol. The highest BCUT2D eigenvalue weighted by Crippen LogP contribution is 2.17. The number of ether oxygens (including phenoxy) is 1. The lowest BCUT2D eigenvalue weighted by molar-refractivity contribution is -0.121. The molecule has 1 aromatic rings. The molecule has 0 aliphatic heterocycles. The summed E-state index contributed by atoms with van der Waals surface area (Å²) in [6.07, 6.45) is 1.09. The van der Waals surface area contributed by atoms with Crippen molar-refractivity contribution in [1.82, 2.24) is 10.5 Å². The molecule has 0 atom stereocenters. The second-order valence-corrected chi connectivity index (χ2v) is 6.13. The fourth-order valence-corrected chi connectivity index (χ4v) is 2.35. The number of hydrogen-bond donors (Lipinski definition) is 1. The molecule has 0 radical (unpaired) electrons. The molecular formula is C11H19N3O5S. The van der Waals surface area contributed by atoms with Crippen LogP contribution in [0.2, 0.25) is 0 Å². The van der Waals surface area contributed by atoms with Crippen LogP contribution in [0.25, 0.3) is 0 Å². The Morgan fingerprint density at radius 3 is 2.75 bits per heavy atom. The number of nitrogens with zero attached hydrogens (tertiary/aromatic N) is 2. The smallest absolute Gasteiger partial charge is 0.233 e. The maximum atomic E-state index is 11.7. The highest BCUT2D eigenvalue weighted by Gasteiger charge is 2.21. The summed E-state index contributed by atoms with van der Waals surface area (Å²) >= 11 is 0. The van der Waals surface area contributed by atoms with Crippen LogP contribution >= 0.6 is 0 Å². The van der Waals surface area contributed by atoms with E-state index in [1.165, 1.54) is 13.2 Å². The molecule has 1 heterocycles. The number of rotatable bonds is 8. The first-order chi connectivity index (χ1) is 9.34. The molecule has 9 heteroatoms. The summed E-state index contributed by atoms with van der Waals surface area (Å²) in [5, 5.41) is 6.27. The number of anilines is 1. The number of hydrogen-bond acceptors (Lipinski definition) is 6. The summed E-state index contributed by atoms with van der Waals surface area (Å²) in [5.74, 6) is 0.420. The number of carbonyl (C=O) groups is 1. The normalized spacial score (nSPS) is 11.3. The minimum atomic E-state index is -3.52. The quantitative estimate of drug-likeness (QED) is 0.673. The summed E-state index contributed by atoms with van der Waals surface area (Å²) in [6, 6.07) is 1.50. The van der Waals surface area contributed by atoms with Gasteiger partial charge in [0.05, 0.1) is 12.9 Å². The maximum absolute atomic E-state index is 11.7. The Labute approximate surface area is 118 Å². The van der Waals surface area contributed by atoms with E-state index in [0.717, 1.165) is 10.6 Å². The molecule has 8 nitrogen and oxygen atoms in total. The molecule has 0 saturated heterocycles. The molecule has 1 aromatic heterocycles. The molecule has 0 aliphatic carbocycles. The minimum Gasteiger partial charge on any atom is -0.383 e. The highest BCUT2D eigenvalue weighted by atomic mass is 32.2. The van der Waals surface area contributed by atoms with Crippen molar-refractivity contribution in [1.29, 1.82) is 0 Å². The Hall–Kier alpha value is -1.61. The zero-order valence-electron chi connectivity index (χ0n) is 11.7. The number of methoxy groups -OCH3 is 1. The van der Waals surface area contributed by atoms with Crippen molar-refractivity contribution in [2.75, 3.05) is 37.4 Å². The largest absolute Gasteiger partial charge is 0.383 e. The van der Waals surface area contributed by atoms with Crippen LogP contribution in [0.4, 0.5) is 5.82 Å². The lowest BCUT2D eigenvalue weighted by Gasteiger charge is -2.18. The van der Waals surface area contributed by atoms with Gasteiger partial charge in [0.15, 0.2) is 5.82 Å². The van der Waals surface area contributed by atoms with Crippen LogP contribution in [-0.4, -0.2) is 52.5 Å². The number of carbonyl (C=O) groups excluding carboxylic acids is 1. The molecule has 114 valence electrons. The fraction of sp³-hybridized carbons (Fsp3) is 0.636. The van der Waals surface area contributed by atoms with Crippen molar-refractivity contribution >= 4 is 21.7 Å². The molecule has 0 aromatic carbocycles. The summed E-state index contributed by atoms with van der Waals surface area (Å²) in [5.41, 5.74) is 0. The monoisotopic (exact) mass is 305 g/mol. The number of nitrogens with one attached hydrogen (secondary N) is 1. The van der Waals surface area contributed by atoms with Gasteiger partial charge in [-0.05, 0) is 6.92 Å². The van der Waals surface area contributed by atoms with Crippen LogP contribution in [0.1, 0.15) is 12.2 Å². The van der Waals surface area contributed by atoms with E-state index >= 15 is 0 Å². The maximum Gasteiger partial charge on any atom is 0.233 e. The van der Waals surface area contributed by atoms with Crippen LogP contribution in [0, 0.1) is 6.92 Å². The molecule has 1 amide bonds. The molecule has 0 unspecified atom stereocenters. The highest BCUT2D eigenvalue weighted by molar-refractivity contribution is 7.92. The number of amides is 1. The van der Waals surface area contributed by atoms with Gasteiger partial charge in [0.1, 0.15) is 5.76 Å². The molecule has 1 N–H and O–H groups in total. The van der Waals surface area contributed by atoms with Crippen molar-refractivity contribution in [3.63, 3.8) is 0 Å². The van der Waals surface area contributed by atoms with Crippen LogP contribution < -0.4 is 9.62 Å². The van der Waals surface area contributed by atoms with E-state index in [2.05, 4.69) is 10.5 Å². The number of aromatic nitrogens is 1. The molecule has 0 fully saturated rings. The van der Waals surface area contributed by atoms with E-state index in [1.54, 1.807) is 6.92 Å². The molecule has 20 heavy (non-hydrogen) atoms. The van der Waals surface area contributed by atoms with Gasteiger partial charge in [-0.2, -0.15) is 0 Å². The van der Waals surface area contributed by atoms with Crippen molar-refractivity contribution in [2.24, 2.45) is 0 Å². The standard InChI is InChI=1S/C11H19N3O5S/c1-9-8-10(13-19-9)14(20(3,16)17)6-4-11(15)12-5-7-18-2/h8H,4-7H2,1-3H3,(H,12,15). The van der Waals surface area contributed by atoms with E-state index in [0.29, 0.717) is 18.9 Å². The van der Waals surface area contributed by atoms with Gasteiger partial charge >= 0.3 is 0 Å². The van der Waals surface area contributed by atoms with E-state index in [-0.39, 0.29) is 24.7 Å². The van der Waals surface area contributed by atoms with Gasteiger partial charge in [-0.3, -0.25) is 9.10 Å². The molecule has 1 rings (SSSR count). The van der Waals surface area contributed by atoms with Crippen molar-refractivity contribution in [2.45, 2.75) is 13.3 Å². The van der Waals surface area contributed by atoms with Crippen molar-refractivity contribution in [3.8, 4) is 0 Å². The van der Waals surface area contributed by atoms with Crippen LogP contribution in [0.15, 0.2) is 10.6 Å². The summed E-state index contributed by atoms with van der Waals surface area (Å²) in [7, 11) is -1.99. The lowest BCUT2D eigenvalue weighted by Crippen LogP contribution is -2.35. The summed E-state index contributed by atoms with van der Waals surface area (Å²) in [4.78, 5) is 11.6. The Kier molecular flexibility index (Phi) is 5.96. The zero-order chi connectivity index (χ0) is 15.2. The van der Waals surface area contributed by atoms with Gasteiger partial charge in [-0.15, -0.1) is 0 Å². The Bertz CT molecular complexity index is 540. The van der Waals surface area contributed by atoms with Crippen molar-refractivity contribution < 1.29 is 22.5 Å². The van der Waals surface area contributed by atoms with Gasteiger partial charge in [0.25, 0.3) is 0 Å². The molecule has 0 saturated carbocycles. The van der Waals surface area contributed by atoms with Crippen LogP contribution in [0.3, 0.4) is 0 Å². The summed E-state index contributed by atoms with van der Waals surface area (Å²) in [6.45, 7) is 2.46. The fourth-order valence-electron chi connectivity index (χ4n) is 1.51. The third kappa shape index (κ3) is 5.17. The number of aryl methyl sites for hydroxylation is 1. The van der Waals surface area contributed by atoms with Gasteiger partial charge < -0.3 is 14.6 Å².